The maximum atomic E-state index is 13.8. The number of aliphatic carboxylic acids is 1. The van der Waals surface area contributed by atoms with Crippen molar-refractivity contribution < 1.29 is 23.8 Å². The van der Waals surface area contributed by atoms with Crippen LogP contribution in [0.1, 0.15) is 18.4 Å². The number of nitrogens with one attached hydrogen (secondary N) is 1. The van der Waals surface area contributed by atoms with Crippen LogP contribution >= 0.6 is 15.9 Å². The van der Waals surface area contributed by atoms with Crippen LogP contribution in [0.2, 0.25) is 0 Å². The lowest BCUT2D eigenvalue weighted by Crippen LogP contribution is -2.29. The first-order valence-electron chi connectivity index (χ1n) is 6.47. The monoisotopic (exact) mass is 367 g/mol. The molecule has 0 aromatic heterocycles. The minimum absolute atomic E-state index is 0.00361. The molecule has 2 aliphatic heterocycles. The normalized spacial score (nSPS) is 20.7. The van der Waals surface area contributed by atoms with E-state index in [1.807, 2.05) is 0 Å². The van der Waals surface area contributed by atoms with Crippen LogP contribution in [0.25, 0.3) is 0 Å². The summed E-state index contributed by atoms with van der Waals surface area (Å²) >= 11 is 3.14. The summed E-state index contributed by atoms with van der Waals surface area (Å²) in [7, 11) is 0. The molecule has 5 nitrogen and oxygen atoms in total. The third kappa shape index (κ3) is 2.12. The van der Waals surface area contributed by atoms with Crippen molar-refractivity contribution in [1.82, 2.24) is 5.32 Å². The van der Waals surface area contributed by atoms with E-state index in [-0.39, 0.29) is 22.2 Å². The van der Waals surface area contributed by atoms with Crippen LogP contribution < -0.4 is 5.32 Å². The van der Waals surface area contributed by atoms with Crippen molar-refractivity contribution in [1.29, 1.82) is 0 Å². The van der Waals surface area contributed by atoms with Crippen molar-refractivity contribution in [3.05, 3.63) is 56.6 Å². The number of hydrogen-bond acceptors (Lipinski definition) is 4. The lowest BCUT2D eigenvalue weighted by atomic mass is 9.81. The summed E-state index contributed by atoms with van der Waals surface area (Å²) in [6.45, 7) is 1.66. The van der Waals surface area contributed by atoms with Gasteiger partial charge in [-0.05, 0) is 34.5 Å². The standard InChI is InChI=1S/C15H11BrFNO4/c1-6-10(14(19)20)11(7-3-2-4-8(17)13(7)16)12-9(18-6)5-22-15(12)21/h2-4,11,18H,5H2,1H3,(H,19,20). The number of rotatable bonds is 2. The Balaban J connectivity index is 2.26. The van der Waals surface area contributed by atoms with Gasteiger partial charge >= 0.3 is 11.9 Å². The number of ether oxygens (including phenoxy) is 1. The van der Waals surface area contributed by atoms with Crippen molar-refractivity contribution in [3.8, 4) is 0 Å². The summed E-state index contributed by atoms with van der Waals surface area (Å²) in [6, 6.07) is 4.33. The molecule has 0 saturated carbocycles. The molecule has 3 rings (SSSR count). The van der Waals surface area contributed by atoms with Crippen LogP contribution in [-0.2, 0) is 14.3 Å². The maximum Gasteiger partial charge on any atom is 0.337 e. The first kappa shape index (κ1) is 14.8. The van der Waals surface area contributed by atoms with Gasteiger partial charge < -0.3 is 15.2 Å². The zero-order valence-electron chi connectivity index (χ0n) is 11.4. The number of halogens is 2. The Morgan fingerprint density at radius 1 is 1.50 bits per heavy atom. The van der Waals surface area contributed by atoms with Crippen LogP contribution in [-0.4, -0.2) is 23.7 Å². The molecule has 2 heterocycles. The van der Waals surface area contributed by atoms with Crippen molar-refractivity contribution in [2.45, 2.75) is 12.8 Å². The molecule has 0 bridgehead atoms. The van der Waals surface area contributed by atoms with Gasteiger partial charge in [-0.15, -0.1) is 0 Å². The van der Waals surface area contributed by atoms with E-state index in [1.165, 1.54) is 12.1 Å². The summed E-state index contributed by atoms with van der Waals surface area (Å²) < 4.78 is 19.0. The largest absolute Gasteiger partial charge is 0.478 e. The van der Waals surface area contributed by atoms with Gasteiger partial charge in [0.1, 0.15) is 12.4 Å². The minimum atomic E-state index is -1.17. The molecule has 2 N–H and O–H groups in total. The molecule has 0 aliphatic carbocycles. The van der Waals surface area contributed by atoms with E-state index >= 15 is 0 Å². The highest BCUT2D eigenvalue weighted by atomic mass is 79.9. The van der Waals surface area contributed by atoms with Crippen LogP contribution in [0, 0.1) is 5.82 Å². The van der Waals surface area contributed by atoms with E-state index in [9.17, 15) is 19.1 Å². The summed E-state index contributed by atoms with van der Waals surface area (Å²) in [5.74, 6) is -3.16. The van der Waals surface area contributed by atoms with Crippen LogP contribution in [0.5, 0.6) is 0 Å². The zero-order chi connectivity index (χ0) is 16.0. The molecule has 7 heteroatoms. The van der Waals surface area contributed by atoms with Gasteiger partial charge in [0, 0.05) is 5.70 Å². The number of carbonyl (C=O) groups excluding carboxylic acids is 1. The topological polar surface area (TPSA) is 75.6 Å². The first-order chi connectivity index (χ1) is 10.4. The number of hydrogen-bond donors (Lipinski definition) is 2. The molecule has 1 unspecified atom stereocenters. The average molecular weight is 368 g/mol. The molecule has 0 fully saturated rings. The number of benzene rings is 1. The predicted octanol–water partition coefficient (Wildman–Crippen LogP) is 2.44. The first-order valence-corrected chi connectivity index (χ1v) is 7.26. The molecule has 0 saturated heterocycles. The van der Waals surface area contributed by atoms with Gasteiger partial charge in [-0.2, -0.15) is 0 Å². The maximum absolute atomic E-state index is 13.8. The fraction of sp³-hybridized carbons (Fsp3) is 0.200. The van der Waals surface area contributed by atoms with E-state index in [1.54, 1.807) is 13.0 Å². The summed E-state index contributed by atoms with van der Waals surface area (Å²) in [5.41, 5.74) is 1.53. The van der Waals surface area contributed by atoms with Gasteiger partial charge in [0.05, 0.1) is 27.2 Å². The molecular formula is C15H11BrFNO4. The van der Waals surface area contributed by atoms with E-state index in [4.69, 9.17) is 4.74 Å². The molecule has 1 aromatic carbocycles. The predicted molar refractivity (Wildman–Crippen MR) is 78.3 cm³/mol. The molecule has 114 valence electrons. The van der Waals surface area contributed by atoms with Gasteiger partial charge in [0.2, 0.25) is 0 Å². The SMILES string of the molecule is CC1=C(C(=O)O)C(c2cccc(F)c2Br)C2=C(COC2=O)N1. The minimum Gasteiger partial charge on any atom is -0.478 e. The van der Waals surface area contributed by atoms with Gasteiger partial charge in [-0.1, -0.05) is 12.1 Å². The molecule has 22 heavy (non-hydrogen) atoms. The van der Waals surface area contributed by atoms with Crippen LogP contribution in [0.15, 0.2) is 45.2 Å². The Morgan fingerprint density at radius 2 is 2.23 bits per heavy atom. The number of cyclic esters (lactones) is 1. The van der Waals surface area contributed by atoms with Gasteiger partial charge in [-0.3, -0.25) is 0 Å². The summed E-state index contributed by atoms with van der Waals surface area (Å²) in [5, 5.41) is 12.4. The number of carboxylic acid groups (broad SMARTS) is 1. The molecule has 0 amide bonds. The van der Waals surface area contributed by atoms with E-state index in [2.05, 4.69) is 21.2 Å². The van der Waals surface area contributed by atoms with E-state index < -0.39 is 23.7 Å². The lowest BCUT2D eigenvalue weighted by molar-refractivity contribution is -0.136. The molecule has 0 radical (unpaired) electrons. The van der Waals surface area contributed by atoms with Gasteiger partial charge in [-0.25, -0.2) is 14.0 Å². The molecule has 1 aromatic rings. The Bertz CT molecular complexity index is 767. The second kappa shape index (κ2) is 5.24. The Hall–Kier alpha value is -2.15. The number of carboxylic acids is 1. The van der Waals surface area contributed by atoms with E-state index in [0.717, 1.165) is 0 Å². The highest BCUT2D eigenvalue weighted by Gasteiger charge is 2.42. The van der Waals surface area contributed by atoms with Gasteiger partial charge in [0.25, 0.3) is 0 Å². The van der Waals surface area contributed by atoms with Gasteiger partial charge in [0.15, 0.2) is 0 Å². The fourth-order valence-corrected chi connectivity index (χ4v) is 3.30. The zero-order valence-corrected chi connectivity index (χ0v) is 13.0. The van der Waals surface area contributed by atoms with E-state index in [0.29, 0.717) is 17.0 Å². The lowest BCUT2D eigenvalue weighted by Gasteiger charge is -2.27. The highest BCUT2D eigenvalue weighted by molar-refractivity contribution is 9.10. The van der Waals surface area contributed by atoms with Crippen molar-refractivity contribution in [2.24, 2.45) is 0 Å². The Labute approximate surface area is 133 Å². The molecule has 2 aliphatic rings. The molecule has 0 spiro atoms. The second-order valence-corrected chi connectivity index (χ2v) is 5.81. The Kier molecular flexibility index (Phi) is 3.52. The smallest absolute Gasteiger partial charge is 0.337 e. The van der Waals surface area contributed by atoms with Crippen molar-refractivity contribution in [2.75, 3.05) is 6.61 Å². The number of allylic oxidation sites excluding steroid dienone is 1. The summed E-state index contributed by atoms with van der Waals surface area (Å²) in [4.78, 5) is 23.7. The van der Waals surface area contributed by atoms with Crippen LogP contribution in [0.3, 0.4) is 0 Å². The summed E-state index contributed by atoms with van der Waals surface area (Å²) in [6.07, 6.45) is 0. The highest BCUT2D eigenvalue weighted by Crippen LogP contribution is 2.43. The average Bonchev–Trinajstić information content (AvgIpc) is 2.81. The molecular weight excluding hydrogens is 357 g/mol. The van der Waals surface area contributed by atoms with Crippen molar-refractivity contribution in [3.63, 3.8) is 0 Å². The third-order valence-electron chi connectivity index (χ3n) is 3.74. The number of esters is 1. The third-order valence-corrected chi connectivity index (χ3v) is 4.57. The number of carbonyl (C=O) groups is 2. The molecule has 1 atom stereocenters. The second-order valence-electron chi connectivity index (χ2n) is 5.01. The van der Waals surface area contributed by atoms with Crippen molar-refractivity contribution >= 4 is 27.9 Å². The number of dihydropyridines is 1. The fourth-order valence-electron chi connectivity index (χ4n) is 2.80. The Morgan fingerprint density at radius 3 is 2.91 bits per heavy atom. The quantitative estimate of drug-likeness (QED) is 0.785. The van der Waals surface area contributed by atoms with Crippen LogP contribution in [0.4, 0.5) is 4.39 Å².